The lowest BCUT2D eigenvalue weighted by atomic mass is 10.2. The van der Waals surface area contributed by atoms with Crippen LogP contribution in [0.25, 0.3) is 0 Å². The molecule has 0 heterocycles. The Bertz CT molecular complexity index is 379. The van der Waals surface area contributed by atoms with Crippen molar-refractivity contribution in [3.8, 4) is 0 Å². The molecule has 0 aromatic heterocycles. The molecule has 0 saturated heterocycles. The first kappa shape index (κ1) is 15.1. The SMILES string of the molecule is CCCCC=C=CCC(C)[S+]([O-])c1ccccc1. The first-order valence-corrected chi connectivity index (χ1v) is 7.82. The van der Waals surface area contributed by atoms with Crippen LogP contribution in [0.15, 0.2) is 53.1 Å². The standard InChI is InChI=1S/C16H22OS/c1-3-4-5-6-7-9-12-15(2)18(17)16-13-10-8-11-14-16/h6,8-11,13-15H,3-5,12H2,1-2H3. The molecular weight excluding hydrogens is 240 g/mol. The van der Waals surface area contributed by atoms with Crippen LogP contribution >= 0.6 is 0 Å². The van der Waals surface area contributed by atoms with Crippen molar-refractivity contribution >= 4 is 11.2 Å². The van der Waals surface area contributed by atoms with Gasteiger partial charge in [-0.15, -0.1) is 5.73 Å². The van der Waals surface area contributed by atoms with Gasteiger partial charge in [-0.3, -0.25) is 0 Å². The van der Waals surface area contributed by atoms with E-state index in [1.54, 1.807) is 0 Å². The Labute approximate surface area is 114 Å². The minimum atomic E-state index is -0.922. The fraction of sp³-hybridized carbons (Fsp3) is 0.438. The van der Waals surface area contributed by atoms with E-state index in [2.05, 4.69) is 18.7 Å². The molecule has 0 aliphatic heterocycles. The highest BCUT2D eigenvalue weighted by Crippen LogP contribution is 2.17. The van der Waals surface area contributed by atoms with E-state index in [1.165, 1.54) is 12.8 Å². The normalized spacial score (nSPS) is 13.5. The minimum Gasteiger partial charge on any atom is -0.611 e. The number of rotatable bonds is 7. The van der Waals surface area contributed by atoms with Gasteiger partial charge in [0.25, 0.3) is 0 Å². The van der Waals surface area contributed by atoms with Crippen molar-refractivity contribution < 1.29 is 4.55 Å². The molecule has 0 bridgehead atoms. The fourth-order valence-electron chi connectivity index (χ4n) is 1.58. The van der Waals surface area contributed by atoms with Gasteiger partial charge < -0.3 is 4.55 Å². The molecule has 1 aromatic carbocycles. The summed E-state index contributed by atoms with van der Waals surface area (Å²) in [4.78, 5) is 0.911. The molecule has 0 aliphatic carbocycles. The molecule has 18 heavy (non-hydrogen) atoms. The smallest absolute Gasteiger partial charge is 0.152 e. The summed E-state index contributed by atoms with van der Waals surface area (Å²) in [6.45, 7) is 4.20. The lowest BCUT2D eigenvalue weighted by molar-refractivity contribution is 0.582. The number of unbranched alkanes of at least 4 members (excludes halogenated alkanes) is 2. The van der Waals surface area contributed by atoms with Crippen LogP contribution in [-0.2, 0) is 11.2 Å². The summed E-state index contributed by atoms with van der Waals surface area (Å²) < 4.78 is 12.2. The maximum absolute atomic E-state index is 12.2. The van der Waals surface area contributed by atoms with Gasteiger partial charge in [-0.25, -0.2) is 0 Å². The van der Waals surface area contributed by atoms with Crippen molar-refractivity contribution in [3.05, 3.63) is 48.2 Å². The Morgan fingerprint density at radius 1 is 1.28 bits per heavy atom. The number of hydrogen-bond donors (Lipinski definition) is 0. The van der Waals surface area contributed by atoms with Gasteiger partial charge in [0, 0.05) is 6.42 Å². The topological polar surface area (TPSA) is 23.1 Å². The van der Waals surface area contributed by atoms with Crippen molar-refractivity contribution in [2.45, 2.75) is 49.7 Å². The summed E-state index contributed by atoms with van der Waals surface area (Å²) in [7, 11) is 0. The van der Waals surface area contributed by atoms with E-state index in [0.717, 1.165) is 17.7 Å². The second kappa shape index (κ2) is 9.04. The van der Waals surface area contributed by atoms with E-state index < -0.39 is 11.2 Å². The van der Waals surface area contributed by atoms with E-state index in [9.17, 15) is 4.55 Å². The Hall–Kier alpha value is -0.950. The number of benzene rings is 1. The Kier molecular flexibility index (Phi) is 7.59. The lowest BCUT2D eigenvalue weighted by Crippen LogP contribution is -2.17. The Balaban J connectivity index is 2.41. The van der Waals surface area contributed by atoms with Gasteiger partial charge in [0.15, 0.2) is 4.90 Å². The van der Waals surface area contributed by atoms with Crippen molar-refractivity contribution in [2.24, 2.45) is 0 Å². The predicted molar refractivity (Wildman–Crippen MR) is 79.1 cm³/mol. The van der Waals surface area contributed by atoms with Gasteiger partial charge in [-0.05, 0) is 55.2 Å². The summed E-state index contributed by atoms with van der Waals surface area (Å²) >= 11 is -0.922. The molecule has 1 aromatic rings. The average Bonchev–Trinajstić information content (AvgIpc) is 2.42. The molecule has 2 atom stereocenters. The van der Waals surface area contributed by atoms with Crippen LogP contribution < -0.4 is 0 Å². The van der Waals surface area contributed by atoms with Crippen LogP contribution in [-0.4, -0.2) is 9.80 Å². The molecule has 0 aliphatic rings. The van der Waals surface area contributed by atoms with Gasteiger partial charge in [0.2, 0.25) is 0 Å². The third-order valence-corrected chi connectivity index (χ3v) is 4.39. The van der Waals surface area contributed by atoms with E-state index in [1.807, 2.05) is 43.3 Å². The van der Waals surface area contributed by atoms with Crippen LogP contribution in [0, 0.1) is 0 Å². The van der Waals surface area contributed by atoms with Gasteiger partial charge in [0.05, 0.1) is 0 Å². The summed E-state index contributed by atoms with van der Waals surface area (Å²) in [6, 6.07) is 9.66. The maximum Gasteiger partial charge on any atom is 0.152 e. The van der Waals surface area contributed by atoms with E-state index >= 15 is 0 Å². The van der Waals surface area contributed by atoms with Crippen molar-refractivity contribution in [2.75, 3.05) is 0 Å². The highest BCUT2D eigenvalue weighted by Gasteiger charge is 2.17. The van der Waals surface area contributed by atoms with E-state index in [0.29, 0.717) is 0 Å². The molecule has 2 heteroatoms. The summed E-state index contributed by atoms with van der Waals surface area (Å²) in [5.41, 5.74) is 3.17. The van der Waals surface area contributed by atoms with Crippen molar-refractivity contribution in [1.29, 1.82) is 0 Å². The molecule has 1 rings (SSSR count). The number of hydrogen-bond acceptors (Lipinski definition) is 1. The molecule has 0 radical (unpaired) electrons. The zero-order valence-corrected chi connectivity index (χ0v) is 12.1. The molecule has 0 saturated carbocycles. The second-order valence-electron chi connectivity index (χ2n) is 4.37. The second-order valence-corrected chi connectivity index (χ2v) is 6.24. The zero-order chi connectivity index (χ0) is 13.2. The Morgan fingerprint density at radius 2 is 2.00 bits per heavy atom. The largest absolute Gasteiger partial charge is 0.611 e. The van der Waals surface area contributed by atoms with Crippen LogP contribution in [0.5, 0.6) is 0 Å². The predicted octanol–water partition coefficient (Wildman–Crippen LogP) is 4.47. The summed E-state index contributed by atoms with van der Waals surface area (Å²) in [5, 5.41) is 0.138. The minimum absolute atomic E-state index is 0.138. The molecule has 0 N–H and O–H groups in total. The van der Waals surface area contributed by atoms with Crippen molar-refractivity contribution in [3.63, 3.8) is 0 Å². The van der Waals surface area contributed by atoms with Gasteiger partial charge in [-0.1, -0.05) is 31.5 Å². The lowest BCUT2D eigenvalue weighted by Gasteiger charge is -2.15. The third-order valence-electron chi connectivity index (χ3n) is 2.73. The fourth-order valence-corrected chi connectivity index (χ4v) is 2.74. The molecule has 1 nitrogen and oxygen atoms in total. The van der Waals surface area contributed by atoms with Gasteiger partial charge in [-0.2, -0.15) is 0 Å². The van der Waals surface area contributed by atoms with Crippen LogP contribution in [0.1, 0.15) is 39.5 Å². The number of allylic oxidation sites excluding steroid dienone is 1. The zero-order valence-electron chi connectivity index (χ0n) is 11.3. The van der Waals surface area contributed by atoms with E-state index in [-0.39, 0.29) is 5.25 Å². The Morgan fingerprint density at radius 3 is 2.67 bits per heavy atom. The first-order chi connectivity index (χ1) is 8.75. The van der Waals surface area contributed by atoms with Crippen LogP contribution in [0.2, 0.25) is 0 Å². The molecule has 2 unspecified atom stereocenters. The van der Waals surface area contributed by atoms with Gasteiger partial charge in [0.1, 0.15) is 5.25 Å². The molecule has 0 fully saturated rings. The van der Waals surface area contributed by atoms with Crippen LogP contribution in [0.3, 0.4) is 0 Å². The highest BCUT2D eigenvalue weighted by molar-refractivity contribution is 7.92. The van der Waals surface area contributed by atoms with Crippen molar-refractivity contribution in [1.82, 2.24) is 0 Å². The summed E-state index contributed by atoms with van der Waals surface area (Å²) in [6.07, 6.45) is 8.40. The molecular formula is C16H22OS. The molecule has 98 valence electrons. The average molecular weight is 262 g/mol. The molecule has 0 amide bonds. The maximum atomic E-state index is 12.2. The van der Waals surface area contributed by atoms with Gasteiger partial charge >= 0.3 is 0 Å². The van der Waals surface area contributed by atoms with Crippen LogP contribution in [0.4, 0.5) is 0 Å². The third kappa shape index (κ3) is 5.59. The monoisotopic (exact) mass is 262 g/mol. The first-order valence-electron chi connectivity index (χ1n) is 6.60. The summed E-state index contributed by atoms with van der Waals surface area (Å²) in [5.74, 6) is 0. The highest BCUT2D eigenvalue weighted by atomic mass is 32.2. The van der Waals surface area contributed by atoms with E-state index in [4.69, 9.17) is 0 Å². The molecule has 0 spiro atoms. The quantitative estimate of drug-likeness (QED) is 0.404.